The molecular weight excluding hydrogens is 280 g/mol. The van der Waals surface area contributed by atoms with E-state index in [1.807, 2.05) is 25.1 Å². The Labute approximate surface area is 130 Å². The Bertz CT molecular complexity index is 614. The van der Waals surface area contributed by atoms with E-state index < -0.39 is 0 Å². The summed E-state index contributed by atoms with van der Waals surface area (Å²) in [5.74, 6) is 1.43. The molecule has 1 aliphatic heterocycles. The molecule has 2 aromatic heterocycles. The molecule has 1 atom stereocenters. The number of pyridine rings is 1. The summed E-state index contributed by atoms with van der Waals surface area (Å²) in [6.45, 7) is 5.36. The third kappa shape index (κ3) is 4.05. The number of hydrogen-bond acceptors (Lipinski definition) is 6. The van der Waals surface area contributed by atoms with Gasteiger partial charge >= 0.3 is 0 Å². The number of ether oxygens (including phenoxy) is 1. The van der Waals surface area contributed by atoms with E-state index in [-0.39, 0.29) is 6.10 Å². The van der Waals surface area contributed by atoms with Crippen LogP contribution in [0.25, 0.3) is 0 Å². The topological polar surface area (TPSA) is 77.4 Å². The molecule has 0 radical (unpaired) electrons. The molecule has 6 nitrogen and oxygen atoms in total. The molecule has 1 saturated heterocycles. The third-order valence-electron chi connectivity index (χ3n) is 3.89. The average Bonchev–Trinajstić information content (AvgIpc) is 2.91. The monoisotopic (exact) mass is 302 g/mol. The number of aromatic nitrogens is 2. The zero-order valence-electron chi connectivity index (χ0n) is 12.9. The molecule has 22 heavy (non-hydrogen) atoms. The summed E-state index contributed by atoms with van der Waals surface area (Å²) in [6, 6.07) is 5.93. The SMILES string of the molecule is Cc1cc(CN2CCO[C@@H](CCc3ccnc(N)c3)C2)no1. The molecule has 0 saturated carbocycles. The molecule has 6 heteroatoms. The molecule has 0 aromatic carbocycles. The van der Waals surface area contributed by atoms with Gasteiger partial charge in [0.25, 0.3) is 0 Å². The zero-order valence-corrected chi connectivity index (χ0v) is 12.9. The van der Waals surface area contributed by atoms with Gasteiger partial charge in [0.15, 0.2) is 0 Å². The Balaban J connectivity index is 1.50. The van der Waals surface area contributed by atoms with Crippen LogP contribution in [-0.2, 0) is 17.7 Å². The van der Waals surface area contributed by atoms with Gasteiger partial charge in [0.05, 0.1) is 18.4 Å². The average molecular weight is 302 g/mol. The molecule has 0 bridgehead atoms. The number of anilines is 1. The van der Waals surface area contributed by atoms with Crippen LogP contribution < -0.4 is 5.73 Å². The van der Waals surface area contributed by atoms with Crippen molar-refractivity contribution < 1.29 is 9.26 Å². The normalized spacial score (nSPS) is 19.4. The van der Waals surface area contributed by atoms with Crippen LogP contribution in [0.3, 0.4) is 0 Å². The molecule has 0 amide bonds. The van der Waals surface area contributed by atoms with Crippen LogP contribution in [0.15, 0.2) is 28.9 Å². The first-order chi connectivity index (χ1) is 10.7. The van der Waals surface area contributed by atoms with Gasteiger partial charge in [0.2, 0.25) is 0 Å². The first-order valence-corrected chi connectivity index (χ1v) is 7.65. The van der Waals surface area contributed by atoms with E-state index in [9.17, 15) is 0 Å². The van der Waals surface area contributed by atoms with Crippen molar-refractivity contribution in [3.05, 3.63) is 41.4 Å². The fourth-order valence-electron chi connectivity index (χ4n) is 2.80. The van der Waals surface area contributed by atoms with Crippen molar-refractivity contribution in [2.45, 2.75) is 32.4 Å². The second-order valence-corrected chi connectivity index (χ2v) is 5.78. The van der Waals surface area contributed by atoms with Gasteiger partial charge in [-0.2, -0.15) is 0 Å². The smallest absolute Gasteiger partial charge is 0.133 e. The van der Waals surface area contributed by atoms with Crippen molar-refractivity contribution in [2.75, 3.05) is 25.4 Å². The highest BCUT2D eigenvalue weighted by molar-refractivity contribution is 5.31. The second-order valence-electron chi connectivity index (χ2n) is 5.78. The molecule has 0 unspecified atom stereocenters. The second kappa shape index (κ2) is 6.89. The van der Waals surface area contributed by atoms with Crippen LogP contribution >= 0.6 is 0 Å². The summed E-state index contributed by atoms with van der Waals surface area (Å²) in [4.78, 5) is 6.39. The van der Waals surface area contributed by atoms with Crippen molar-refractivity contribution in [2.24, 2.45) is 0 Å². The summed E-state index contributed by atoms with van der Waals surface area (Å²) < 4.78 is 11.0. The zero-order chi connectivity index (χ0) is 15.4. The van der Waals surface area contributed by atoms with E-state index in [1.54, 1.807) is 6.20 Å². The third-order valence-corrected chi connectivity index (χ3v) is 3.89. The van der Waals surface area contributed by atoms with Crippen molar-refractivity contribution in [3.8, 4) is 0 Å². The molecule has 1 fully saturated rings. The molecular formula is C16H22N4O2. The number of aryl methyl sites for hydroxylation is 2. The maximum Gasteiger partial charge on any atom is 0.133 e. The molecule has 3 rings (SSSR count). The van der Waals surface area contributed by atoms with Gasteiger partial charge in [-0.25, -0.2) is 4.98 Å². The highest BCUT2D eigenvalue weighted by Crippen LogP contribution is 2.15. The van der Waals surface area contributed by atoms with Gasteiger partial charge in [-0.15, -0.1) is 0 Å². The van der Waals surface area contributed by atoms with E-state index >= 15 is 0 Å². The van der Waals surface area contributed by atoms with Crippen LogP contribution in [0.2, 0.25) is 0 Å². The standard InChI is InChI=1S/C16H22N4O2/c1-12-8-14(19-22-12)10-20-6-7-21-15(11-20)3-2-13-4-5-18-16(17)9-13/h4-5,8-9,15H,2-3,6-7,10-11H2,1H3,(H2,17,18)/t15-/m0/s1. The lowest BCUT2D eigenvalue weighted by molar-refractivity contribution is -0.0351. The number of nitrogens with two attached hydrogens (primary N) is 1. The van der Waals surface area contributed by atoms with E-state index in [0.717, 1.165) is 50.5 Å². The molecule has 0 aliphatic carbocycles. The molecule has 3 heterocycles. The molecule has 118 valence electrons. The van der Waals surface area contributed by atoms with Gasteiger partial charge in [-0.1, -0.05) is 5.16 Å². The number of morpholine rings is 1. The van der Waals surface area contributed by atoms with E-state index in [0.29, 0.717) is 5.82 Å². The van der Waals surface area contributed by atoms with Crippen LogP contribution in [0, 0.1) is 6.92 Å². The summed E-state index contributed by atoms with van der Waals surface area (Å²) in [7, 11) is 0. The van der Waals surface area contributed by atoms with Crippen LogP contribution in [0.1, 0.15) is 23.4 Å². The van der Waals surface area contributed by atoms with Crippen LogP contribution in [-0.4, -0.2) is 40.8 Å². The fraction of sp³-hybridized carbons (Fsp3) is 0.500. The molecule has 2 N–H and O–H groups in total. The lowest BCUT2D eigenvalue weighted by Gasteiger charge is -2.32. The summed E-state index contributed by atoms with van der Waals surface area (Å²) in [6.07, 6.45) is 3.94. The summed E-state index contributed by atoms with van der Waals surface area (Å²) in [5.41, 5.74) is 7.91. The van der Waals surface area contributed by atoms with Crippen molar-refractivity contribution in [1.29, 1.82) is 0 Å². The van der Waals surface area contributed by atoms with Gasteiger partial charge in [-0.05, 0) is 37.5 Å². The summed E-state index contributed by atoms with van der Waals surface area (Å²) >= 11 is 0. The molecule has 1 aliphatic rings. The lowest BCUT2D eigenvalue weighted by Crippen LogP contribution is -2.42. The van der Waals surface area contributed by atoms with Crippen LogP contribution in [0.4, 0.5) is 5.82 Å². The van der Waals surface area contributed by atoms with Crippen molar-refractivity contribution in [3.63, 3.8) is 0 Å². The maximum absolute atomic E-state index is 5.87. The predicted molar refractivity (Wildman–Crippen MR) is 83.2 cm³/mol. The Hall–Kier alpha value is -1.92. The minimum absolute atomic E-state index is 0.246. The van der Waals surface area contributed by atoms with Gasteiger partial charge < -0.3 is 15.0 Å². The predicted octanol–water partition coefficient (Wildman–Crippen LogP) is 1.79. The maximum atomic E-state index is 5.87. The minimum atomic E-state index is 0.246. The van der Waals surface area contributed by atoms with E-state index in [1.165, 1.54) is 5.56 Å². The number of hydrogen-bond donors (Lipinski definition) is 1. The Morgan fingerprint density at radius 2 is 2.32 bits per heavy atom. The van der Waals surface area contributed by atoms with E-state index in [4.69, 9.17) is 15.0 Å². The van der Waals surface area contributed by atoms with Crippen molar-refractivity contribution >= 4 is 5.82 Å². The van der Waals surface area contributed by atoms with Crippen molar-refractivity contribution in [1.82, 2.24) is 15.0 Å². The van der Waals surface area contributed by atoms with Gasteiger partial charge in [0, 0.05) is 31.9 Å². The Morgan fingerprint density at radius 3 is 3.09 bits per heavy atom. The fourth-order valence-corrected chi connectivity index (χ4v) is 2.80. The largest absolute Gasteiger partial charge is 0.384 e. The number of nitrogen functional groups attached to an aromatic ring is 1. The molecule has 0 spiro atoms. The minimum Gasteiger partial charge on any atom is -0.384 e. The first-order valence-electron chi connectivity index (χ1n) is 7.65. The van der Waals surface area contributed by atoms with Crippen LogP contribution in [0.5, 0.6) is 0 Å². The van der Waals surface area contributed by atoms with Gasteiger partial charge in [-0.3, -0.25) is 4.90 Å². The first kappa shape index (κ1) is 15.0. The highest BCUT2D eigenvalue weighted by atomic mass is 16.5. The Morgan fingerprint density at radius 1 is 1.41 bits per heavy atom. The number of rotatable bonds is 5. The quantitative estimate of drug-likeness (QED) is 0.907. The lowest BCUT2D eigenvalue weighted by atomic mass is 10.1. The number of nitrogens with zero attached hydrogens (tertiary/aromatic N) is 3. The molecule has 2 aromatic rings. The van der Waals surface area contributed by atoms with E-state index in [2.05, 4.69) is 15.0 Å². The Kier molecular flexibility index (Phi) is 4.70. The highest BCUT2D eigenvalue weighted by Gasteiger charge is 2.21. The van der Waals surface area contributed by atoms with Gasteiger partial charge in [0.1, 0.15) is 11.6 Å². The summed E-state index contributed by atoms with van der Waals surface area (Å²) in [5, 5.41) is 4.06.